The fourth-order valence-corrected chi connectivity index (χ4v) is 5.39. The van der Waals surface area contributed by atoms with E-state index >= 15 is 4.39 Å². The maximum atomic E-state index is 15.4. The van der Waals surface area contributed by atoms with E-state index < -0.39 is 53.0 Å². The Balaban J connectivity index is 1.67. The molecule has 218 valence electrons. The predicted molar refractivity (Wildman–Crippen MR) is 152 cm³/mol. The molecule has 2 aromatic rings. The van der Waals surface area contributed by atoms with Gasteiger partial charge >= 0.3 is 0 Å². The number of phenols is 4. The molecule has 6 N–H and O–H groups in total. The molecule has 41 heavy (non-hydrogen) atoms. The number of hydrogen-bond acceptors (Lipinski definition) is 10. The third kappa shape index (κ3) is 5.51. The van der Waals surface area contributed by atoms with Gasteiger partial charge in [-0.3, -0.25) is 14.5 Å². The van der Waals surface area contributed by atoms with Crippen molar-refractivity contribution in [1.29, 1.82) is 0 Å². The summed E-state index contributed by atoms with van der Waals surface area (Å²) in [6.07, 6.45) is 0.819. The molecule has 2 aliphatic rings. The fraction of sp³-hybridized carbons (Fsp3) is 0.423. The van der Waals surface area contributed by atoms with Crippen LogP contribution in [0.25, 0.3) is 0 Å². The van der Waals surface area contributed by atoms with Crippen molar-refractivity contribution < 1.29 is 43.9 Å². The highest BCUT2D eigenvalue weighted by Crippen LogP contribution is 2.43. The van der Waals surface area contributed by atoms with Crippen molar-refractivity contribution in [3.05, 3.63) is 28.1 Å². The Labute approximate surface area is 237 Å². The van der Waals surface area contributed by atoms with Gasteiger partial charge in [-0.1, -0.05) is 10.9 Å². The highest BCUT2D eigenvalue weighted by Gasteiger charge is 2.39. The van der Waals surface area contributed by atoms with Crippen molar-refractivity contribution in [2.75, 3.05) is 38.7 Å². The molecule has 4 rings (SSSR count). The molecule has 0 aromatic heterocycles. The lowest BCUT2D eigenvalue weighted by molar-refractivity contribution is -0.125. The molecular formula is C26H33B2FN4O8. The molecule has 0 bridgehead atoms. The number of ether oxygens (including phenoxy) is 1. The number of phenolic OH excluding ortho intramolecular Hbond substituents is 4. The Morgan fingerprint density at radius 2 is 1.73 bits per heavy atom. The van der Waals surface area contributed by atoms with Gasteiger partial charge in [0.05, 0.1) is 30.0 Å². The number of hydrogen-bond donors (Lipinski definition) is 6. The number of anilines is 1. The number of rotatable bonds is 10. The highest BCUT2D eigenvalue weighted by molar-refractivity contribution is 6.52. The zero-order valence-corrected chi connectivity index (χ0v) is 23.2. The van der Waals surface area contributed by atoms with Gasteiger partial charge in [-0.25, -0.2) is 4.39 Å². The molecule has 2 heterocycles. The van der Waals surface area contributed by atoms with Crippen LogP contribution in [0.4, 0.5) is 10.1 Å². The second-order valence-corrected chi connectivity index (χ2v) is 10.2. The molecule has 0 spiro atoms. The minimum Gasteiger partial charge on any atom is -0.506 e. The number of carbonyl (C=O) groups is 3. The zero-order chi connectivity index (χ0) is 30.0. The molecule has 2 aromatic carbocycles. The number of aromatic hydroxyl groups is 4. The third-order valence-electron chi connectivity index (χ3n) is 7.90. The highest BCUT2D eigenvalue weighted by atomic mass is 19.1. The van der Waals surface area contributed by atoms with Crippen LogP contribution >= 0.6 is 0 Å². The lowest BCUT2D eigenvalue weighted by atomic mass is 9.75. The van der Waals surface area contributed by atoms with Gasteiger partial charge in [0.2, 0.25) is 5.91 Å². The van der Waals surface area contributed by atoms with E-state index in [0.717, 1.165) is 0 Å². The van der Waals surface area contributed by atoms with E-state index in [9.17, 15) is 34.8 Å². The van der Waals surface area contributed by atoms with Crippen LogP contribution in [0.5, 0.6) is 23.0 Å². The summed E-state index contributed by atoms with van der Waals surface area (Å²) in [5.74, 6) is -4.48. The normalized spacial score (nSPS) is 16.0. The number of carbonyl (C=O) groups excluding carboxylic acids is 3. The number of benzene rings is 2. The summed E-state index contributed by atoms with van der Waals surface area (Å²) in [4.78, 5) is 40.3. The lowest BCUT2D eigenvalue weighted by Crippen LogP contribution is -2.46. The van der Waals surface area contributed by atoms with Gasteiger partial charge in [-0.05, 0) is 6.42 Å². The summed E-state index contributed by atoms with van der Waals surface area (Å²) in [6.45, 7) is 1.37. The van der Waals surface area contributed by atoms with Crippen molar-refractivity contribution in [3.63, 3.8) is 0 Å². The number of nitrogens with zero attached hydrogens (tertiary/aromatic N) is 2. The second kappa shape index (κ2) is 12.3. The zero-order valence-electron chi connectivity index (χ0n) is 23.2. The van der Waals surface area contributed by atoms with Crippen molar-refractivity contribution in [1.82, 2.24) is 15.1 Å². The van der Waals surface area contributed by atoms with Crippen LogP contribution in [0.1, 0.15) is 39.9 Å². The van der Waals surface area contributed by atoms with Crippen LogP contribution in [-0.4, -0.2) is 103 Å². The molecule has 2 amide bonds. The van der Waals surface area contributed by atoms with Crippen LogP contribution in [0.15, 0.2) is 0 Å². The number of aldehydes is 1. The maximum absolute atomic E-state index is 15.4. The van der Waals surface area contributed by atoms with Gasteiger partial charge in [0.25, 0.3) is 5.91 Å². The van der Waals surface area contributed by atoms with Crippen LogP contribution in [-0.2, 0) is 34.0 Å². The Hall–Kier alpha value is -3.97. The number of nitrogens with one attached hydrogen (secondary N) is 2. The van der Waals surface area contributed by atoms with E-state index in [-0.39, 0.29) is 48.5 Å². The Morgan fingerprint density at radius 1 is 1.07 bits per heavy atom. The van der Waals surface area contributed by atoms with Gasteiger partial charge in [0.1, 0.15) is 33.8 Å². The number of halogens is 1. The Morgan fingerprint density at radius 3 is 2.37 bits per heavy atom. The molecule has 2 aliphatic heterocycles. The largest absolute Gasteiger partial charge is 0.506 e. The molecule has 0 aliphatic carbocycles. The topological polar surface area (TPSA) is 172 Å². The molecule has 1 saturated heterocycles. The maximum Gasteiger partial charge on any atom is 0.254 e. The first-order chi connectivity index (χ1) is 19.5. The summed E-state index contributed by atoms with van der Waals surface area (Å²) >= 11 is 0. The molecule has 15 heteroatoms. The fourth-order valence-electron chi connectivity index (χ4n) is 5.39. The molecule has 0 saturated carbocycles. The van der Waals surface area contributed by atoms with Gasteiger partial charge < -0.3 is 45.5 Å². The van der Waals surface area contributed by atoms with E-state index in [4.69, 9.17) is 4.74 Å². The minimum atomic E-state index is -1.14. The molecule has 0 radical (unpaired) electrons. The van der Waals surface area contributed by atoms with Crippen LogP contribution in [0, 0.1) is 5.82 Å². The summed E-state index contributed by atoms with van der Waals surface area (Å²) in [5, 5.41) is 48.3. The van der Waals surface area contributed by atoms with Crippen molar-refractivity contribution >= 4 is 50.4 Å². The average Bonchev–Trinajstić information content (AvgIpc) is 3.31. The minimum absolute atomic E-state index is 0.000771. The van der Waals surface area contributed by atoms with Crippen molar-refractivity contribution in [3.8, 4) is 23.0 Å². The molecule has 1 fully saturated rings. The summed E-state index contributed by atoms with van der Waals surface area (Å²) in [5.41, 5.74) is 0.984. The number of likely N-dealkylation sites (N-methyl/N-ethyl adjacent to an activating group) is 1. The quantitative estimate of drug-likeness (QED) is 0.0788. The third-order valence-corrected chi connectivity index (χ3v) is 7.90. The average molecular weight is 570 g/mol. The molecule has 1 atom stereocenters. The monoisotopic (exact) mass is 570 g/mol. The number of morpholine rings is 1. The predicted octanol–water partition coefficient (Wildman–Crippen LogP) is -2.34. The van der Waals surface area contributed by atoms with Gasteiger partial charge in [0, 0.05) is 57.3 Å². The summed E-state index contributed by atoms with van der Waals surface area (Å²) in [7, 11) is 4.69. The van der Waals surface area contributed by atoms with E-state index in [1.54, 1.807) is 15.7 Å². The SMILES string of the molecule is Bc1c(B)c2c(c(NCc3c(O)c(O)c(CN4CCOCC4)c(O)c3F)c1O)CN([C@@H](CCC=O)C(=O)NC)C2=O. The van der Waals surface area contributed by atoms with Gasteiger partial charge in [-0.2, -0.15) is 0 Å². The molecule has 0 unspecified atom stereocenters. The van der Waals surface area contributed by atoms with Gasteiger partial charge in [-0.15, -0.1) is 0 Å². The van der Waals surface area contributed by atoms with E-state index in [1.807, 2.05) is 4.90 Å². The standard InChI is InChI=1S/C26H33B2FN4O8/c1-30-25(39)15(3-2-6-34)33-11-13-16(26(33)40)17(27)18(28)24(38)20(13)31-9-12-19(29)21(35)14(23(37)22(12)36)10-32-4-7-41-8-5-32/h6,15,31,35-38H,2-5,7-11,27-28H2,1H3,(H,30,39)/t15-/m0/s1. The first-order valence-electron chi connectivity index (χ1n) is 13.3. The first-order valence-corrected chi connectivity index (χ1v) is 13.3. The summed E-state index contributed by atoms with van der Waals surface area (Å²) in [6, 6.07) is -0.936. The Kier molecular flexibility index (Phi) is 8.98. The molecular weight excluding hydrogens is 537 g/mol. The smallest absolute Gasteiger partial charge is 0.254 e. The van der Waals surface area contributed by atoms with Crippen LogP contribution < -0.4 is 21.6 Å². The van der Waals surface area contributed by atoms with Crippen LogP contribution in [0.2, 0.25) is 0 Å². The van der Waals surface area contributed by atoms with E-state index in [0.29, 0.717) is 49.1 Å². The lowest BCUT2D eigenvalue weighted by Gasteiger charge is -2.27. The Bertz CT molecular complexity index is 1360. The van der Waals surface area contributed by atoms with Crippen molar-refractivity contribution in [2.24, 2.45) is 0 Å². The number of fused-ring (bicyclic) bond motifs is 1. The van der Waals surface area contributed by atoms with E-state index in [2.05, 4.69) is 10.6 Å². The number of amides is 2. The second-order valence-electron chi connectivity index (χ2n) is 10.2. The summed E-state index contributed by atoms with van der Waals surface area (Å²) < 4.78 is 20.6. The van der Waals surface area contributed by atoms with Crippen LogP contribution in [0.3, 0.4) is 0 Å². The van der Waals surface area contributed by atoms with Gasteiger partial charge in [0.15, 0.2) is 23.1 Å². The first kappa shape index (κ1) is 30.0. The van der Waals surface area contributed by atoms with E-state index in [1.165, 1.54) is 11.9 Å². The van der Waals surface area contributed by atoms with Crippen molar-refractivity contribution in [2.45, 2.75) is 38.5 Å². The molecule has 12 nitrogen and oxygen atoms in total.